The molecule has 0 aromatic heterocycles. The lowest BCUT2D eigenvalue weighted by Crippen LogP contribution is -2.45. The van der Waals surface area contributed by atoms with Crippen molar-refractivity contribution in [3.63, 3.8) is 0 Å². The summed E-state index contributed by atoms with van der Waals surface area (Å²) < 4.78 is 0. The number of likely N-dealkylation sites (tertiary alicyclic amines) is 1. The fraction of sp³-hybridized carbons (Fsp3) is 0.929. The van der Waals surface area contributed by atoms with E-state index in [4.69, 9.17) is 0 Å². The first kappa shape index (κ1) is 11.5. The third-order valence-corrected chi connectivity index (χ3v) is 5.27. The maximum Gasteiger partial charge on any atom is 0.225 e. The van der Waals surface area contributed by atoms with Gasteiger partial charge in [-0.15, -0.1) is 0 Å². The molecule has 0 radical (unpaired) electrons. The average Bonchev–Trinajstić information content (AvgIpc) is 2.88. The molecule has 1 heterocycles. The number of amides is 1. The molecule has 2 saturated carbocycles. The summed E-state index contributed by atoms with van der Waals surface area (Å²) in [5.74, 6) is 2.18. The highest BCUT2D eigenvalue weighted by molar-refractivity contribution is 5.79. The van der Waals surface area contributed by atoms with Crippen molar-refractivity contribution < 1.29 is 9.90 Å². The number of aliphatic hydroxyl groups excluding tert-OH is 1. The van der Waals surface area contributed by atoms with Crippen LogP contribution in [0.15, 0.2) is 0 Å². The summed E-state index contributed by atoms with van der Waals surface area (Å²) in [6.45, 7) is 5.07. The highest BCUT2D eigenvalue weighted by Gasteiger charge is 2.60. The zero-order valence-electron chi connectivity index (χ0n) is 10.8. The third-order valence-electron chi connectivity index (χ3n) is 5.27. The second-order valence-corrected chi connectivity index (χ2v) is 6.32. The summed E-state index contributed by atoms with van der Waals surface area (Å²) in [5, 5.41) is 10.2. The second-order valence-electron chi connectivity index (χ2n) is 6.32. The number of nitrogens with zero attached hydrogens (tertiary/aromatic N) is 1. The maximum absolute atomic E-state index is 12.4. The summed E-state index contributed by atoms with van der Waals surface area (Å²) >= 11 is 0. The van der Waals surface area contributed by atoms with E-state index in [1.165, 1.54) is 0 Å². The number of rotatable bonds is 3. The van der Waals surface area contributed by atoms with Crippen molar-refractivity contribution in [3.05, 3.63) is 0 Å². The van der Waals surface area contributed by atoms with Crippen molar-refractivity contribution in [2.75, 3.05) is 6.54 Å². The number of carbonyl (C=O) groups excluding carboxylic acids is 1. The second kappa shape index (κ2) is 3.98. The molecule has 0 spiro atoms. The van der Waals surface area contributed by atoms with E-state index in [2.05, 4.69) is 6.92 Å². The minimum Gasteiger partial charge on any atom is -0.391 e. The van der Waals surface area contributed by atoms with E-state index in [1.54, 1.807) is 0 Å². The molecule has 1 N–H and O–H groups in total. The van der Waals surface area contributed by atoms with Gasteiger partial charge in [-0.05, 0) is 37.0 Å². The van der Waals surface area contributed by atoms with Crippen molar-refractivity contribution >= 4 is 5.91 Å². The molecule has 3 heteroatoms. The van der Waals surface area contributed by atoms with Crippen molar-refractivity contribution in [1.29, 1.82) is 0 Å². The molecule has 0 aromatic carbocycles. The Morgan fingerprint density at radius 2 is 2.18 bits per heavy atom. The van der Waals surface area contributed by atoms with Gasteiger partial charge in [0.25, 0.3) is 0 Å². The van der Waals surface area contributed by atoms with Crippen molar-refractivity contribution in [2.45, 2.75) is 51.7 Å². The van der Waals surface area contributed by atoms with E-state index in [0.717, 1.165) is 32.2 Å². The van der Waals surface area contributed by atoms with E-state index in [1.807, 2.05) is 11.8 Å². The monoisotopic (exact) mass is 237 g/mol. The molecule has 96 valence electrons. The lowest BCUT2D eigenvalue weighted by molar-refractivity contribution is -0.138. The van der Waals surface area contributed by atoms with Crippen LogP contribution in [-0.4, -0.2) is 34.6 Å². The molecule has 1 amide bonds. The molecule has 0 aromatic rings. The van der Waals surface area contributed by atoms with Crippen molar-refractivity contribution in [3.8, 4) is 0 Å². The van der Waals surface area contributed by atoms with Gasteiger partial charge < -0.3 is 10.0 Å². The van der Waals surface area contributed by atoms with Gasteiger partial charge in [0.1, 0.15) is 0 Å². The predicted octanol–water partition coefficient (Wildman–Crippen LogP) is 1.65. The van der Waals surface area contributed by atoms with Crippen molar-refractivity contribution in [1.82, 2.24) is 4.90 Å². The number of hydrogen-bond donors (Lipinski definition) is 1. The van der Waals surface area contributed by atoms with Crippen LogP contribution in [0.5, 0.6) is 0 Å². The molecule has 6 atom stereocenters. The molecule has 3 aliphatic rings. The zero-order valence-corrected chi connectivity index (χ0v) is 10.8. The average molecular weight is 237 g/mol. The van der Waals surface area contributed by atoms with Crippen LogP contribution >= 0.6 is 0 Å². The highest BCUT2D eigenvalue weighted by Crippen LogP contribution is 2.55. The van der Waals surface area contributed by atoms with Crippen LogP contribution in [-0.2, 0) is 4.79 Å². The smallest absolute Gasteiger partial charge is 0.225 e. The van der Waals surface area contributed by atoms with Gasteiger partial charge in [0, 0.05) is 12.5 Å². The Kier molecular flexibility index (Phi) is 2.69. The van der Waals surface area contributed by atoms with Gasteiger partial charge in [-0.1, -0.05) is 20.3 Å². The van der Waals surface area contributed by atoms with Crippen LogP contribution in [0.1, 0.15) is 39.5 Å². The van der Waals surface area contributed by atoms with Crippen LogP contribution in [0.25, 0.3) is 0 Å². The molecule has 17 heavy (non-hydrogen) atoms. The van der Waals surface area contributed by atoms with E-state index in [9.17, 15) is 9.90 Å². The third kappa shape index (κ3) is 1.55. The van der Waals surface area contributed by atoms with Gasteiger partial charge >= 0.3 is 0 Å². The molecule has 1 aliphatic heterocycles. The Morgan fingerprint density at radius 3 is 2.82 bits per heavy atom. The van der Waals surface area contributed by atoms with Crippen LogP contribution in [0, 0.1) is 23.7 Å². The fourth-order valence-corrected chi connectivity index (χ4v) is 4.51. The Morgan fingerprint density at radius 1 is 1.41 bits per heavy atom. The predicted molar refractivity (Wildman–Crippen MR) is 65.3 cm³/mol. The highest BCUT2D eigenvalue weighted by atomic mass is 16.3. The Bertz CT molecular complexity index is 328. The Labute approximate surface area is 103 Å². The van der Waals surface area contributed by atoms with Gasteiger partial charge in [0.2, 0.25) is 5.91 Å². The molecule has 3 fully saturated rings. The normalized spacial score (nSPS) is 44.4. The molecule has 2 bridgehead atoms. The van der Waals surface area contributed by atoms with Gasteiger partial charge in [0.05, 0.1) is 12.1 Å². The molecule has 3 rings (SSSR count). The quantitative estimate of drug-likeness (QED) is 0.811. The van der Waals surface area contributed by atoms with Crippen molar-refractivity contribution in [2.24, 2.45) is 23.7 Å². The minimum absolute atomic E-state index is 0.128. The zero-order chi connectivity index (χ0) is 12.2. The summed E-state index contributed by atoms with van der Waals surface area (Å²) in [6.07, 6.45) is 4.09. The molecule has 6 unspecified atom stereocenters. The summed E-state index contributed by atoms with van der Waals surface area (Å²) in [4.78, 5) is 14.4. The van der Waals surface area contributed by atoms with E-state index in [0.29, 0.717) is 17.8 Å². The van der Waals surface area contributed by atoms with Crippen LogP contribution in [0.4, 0.5) is 0 Å². The molecular weight excluding hydrogens is 214 g/mol. The van der Waals surface area contributed by atoms with Crippen LogP contribution in [0.3, 0.4) is 0 Å². The fourth-order valence-electron chi connectivity index (χ4n) is 4.51. The van der Waals surface area contributed by atoms with Gasteiger partial charge in [-0.2, -0.15) is 0 Å². The summed E-state index contributed by atoms with van der Waals surface area (Å²) in [7, 11) is 0. The molecular formula is C14H23NO2. The van der Waals surface area contributed by atoms with Crippen LogP contribution < -0.4 is 0 Å². The van der Waals surface area contributed by atoms with Crippen LogP contribution in [0.2, 0.25) is 0 Å². The van der Waals surface area contributed by atoms with E-state index >= 15 is 0 Å². The first-order valence-electron chi connectivity index (χ1n) is 7.12. The number of carbonyl (C=O) groups is 1. The van der Waals surface area contributed by atoms with Gasteiger partial charge in [-0.25, -0.2) is 0 Å². The minimum atomic E-state index is -0.239. The molecule has 2 aliphatic carbocycles. The Hall–Kier alpha value is -0.570. The molecule has 3 nitrogen and oxygen atoms in total. The van der Waals surface area contributed by atoms with Gasteiger partial charge in [0.15, 0.2) is 0 Å². The SMILES string of the molecule is CCCC(C)C(=O)N1CC2CC3CC2C1C3O. The topological polar surface area (TPSA) is 40.5 Å². The Balaban J connectivity index is 1.75. The van der Waals surface area contributed by atoms with Gasteiger partial charge in [-0.3, -0.25) is 4.79 Å². The van der Waals surface area contributed by atoms with E-state index in [-0.39, 0.29) is 24.0 Å². The maximum atomic E-state index is 12.4. The lowest BCUT2D eigenvalue weighted by atomic mass is 9.88. The summed E-state index contributed by atoms with van der Waals surface area (Å²) in [5.41, 5.74) is 0. The lowest BCUT2D eigenvalue weighted by Gasteiger charge is -2.30. The van der Waals surface area contributed by atoms with E-state index < -0.39 is 0 Å². The number of fused-ring (bicyclic) bond motifs is 1. The number of aliphatic hydroxyl groups is 1. The number of hydrogen-bond acceptors (Lipinski definition) is 2. The standard InChI is InChI=1S/C14H23NO2/c1-3-4-8(2)14(17)15-7-10-5-9-6-11(10)12(15)13(9)16/h8-13,16H,3-7H2,1-2H3. The largest absolute Gasteiger partial charge is 0.391 e. The first-order chi connectivity index (χ1) is 8.13. The summed E-state index contributed by atoms with van der Waals surface area (Å²) in [6, 6.07) is 0.158. The first-order valence-corrected chi connectivity index (χ1v) is 7.12. The molecule has 1 saturated heterocycles.